The molecule has 0 saturated heterocycles. The molecule has 0 amide bonds. The van der Waals surface area contributed by atoms with E-state index in [1.54, 1.807) is 11.6 Å². The van der Waals surface area contributed by atoms with Crippen molar-refractivity contribution in [1.29, 1.82) is 0 Å². The Morgan fingerprint density at radius 1 is 1.38 bits per heavy atom. The molecule has 0 unspecified atom stereocenters. The molecule has 13 heavy (non-hydrogen) atoms. The highest BCUT2D eigenvalue weighted by atomic mass is 16.1. The highest BCUT2D eigenvalue weighted by molar-refractivity contribution is 5.86. The molecule has 0 spiro atoms. The van der Waals surface area contributed by atoms with Crippen molar-refractivity contribution in [2.24, 2.45) is 7.05 Å². The van der Waals surface area contributed by atoms with E-state index in [0.717, 1.165) is 23.0 Å². The van der Waals surface area contributed by atoms with Gasteiger partial charge in [-0.2, -0.15) is 5.10 Å². The minimum absolute atomic E-state index is 0.620. The number of hydrogen-bond donors (Lipinski definition) is 0. The third-order valence-corrected chi connectivity index (χ3v) is 2.05. The van der Waals surface area contributed by atoms with Crippen LogP contribution in [0.15, 0.2) is 12.1 Å². The van der Waals surface area contributed by atoms with E-state index in [4.69, 9.17) is 0 Å². The molecule has 0 fully saturated rings. The predicted octanol–water partition coefficient (Wildman–Crippen LogP) is 1.09. The third-order valence-electron chi connectivity index (χ3n) is 2.05. The standard InChI is InChI=1S/C9H9N3O/c1-6-3-7-4-8(5-13)12(2)9(7)11-10-6/h3-5H,1-2H3. The fourth-order valence-corrected chi connectivity index (χ4v) is 1.36. The Morgan fingerprint density at radius 2 is 2.15 bits per heavy atom. The van der Waals surface area contributed by atoms with E-state index in [1.165, 1.54) is 0 Å². The molecule has 0 aliphatic carbocycles. The Kier molecular flexibility index (Phi) is 1.62. The van der Waals surface area contributed by atoms with Crippen LogP contribution in [0, 0.1) is 6.92 Å². The molecule has 2 aromatic heterocycles. The lowest BCUT2D eigenvalue weighted by Gasteiger charge is -1.95. The van der Waals surface area contributed by atoms with Gasteiger partial charge in [0, 0.05) is 12.4 Å². The molecule has 0 aromatic carbocycles. The molecule has 2 rings (SSSR count). The summed E-state index contributed by atoms with van der Waals surface area (Å²) in [6, 6.07) is 3.72. The molecule has 2 heterocycles. The number of aromatic nitrogens is 3. The predicted molar refractivity (Wildman–Crippen MR) is 48.6 cm³/mol. The van der Waals surface area contributed by atoms with Crippen molar-refractivity contribution in [3.63, 3.8) is 0 Å². The van der Waals surface area contributed by atoms with Gasteiger partial charge in [-0.3, -0.25) is 4.79 Å². The average molecular weight is 175 g/mol. The second-order valence-corrected chi connectivity index (χ2v) is 3.01. The monoisotopic (exact) mass is 175 g/mol. The van der Waals surface area contributed by atoms with Gasteiger partial charge in [-0.05, 0) is 19.1 Å². The Labute approximate surface area is 75.2 Å². The topological polar surface area (TPSA) is 47.8 Å². The van der Waals surface area contributed by atoms with Crippen molar-refractivity contribution in [3.05, 3.63) is 23.5 Å². The number of carbonyl (C=O) groups excluding carboxylic acids is 1. The van der Waals surface area contributed by atoms with E-state index >= 15 is 0 Å². The first-order chi connectivity index (χ1) is 6.22. The molecule has 4 heteroatoms. The minimum atomic E-state index is 0.620. The van der Waals surface area contributed by atoms with E-state index in [1.807, 2.05) is 19.1 Å². The number of fused-ring (bicyclic) bond motifs is 1. The summed E-state index contributed by atoms with van der Waals surface area (Å²) in [6.45, 7) is 1.88. The highest BCUT2D eigenvalue weighted by Crippen LogP contribution is 2.14. The number of aldehydes is 1. The average Bonchev–Trinajstić information content (AvgIpc) is 2.42. The Bertz CT molecular complexity index is 473. The van der Waals surface area contributed by atoms with Gasteiger partial charge in [-0.25, -0.2) is 0 Å². The second-order valence-electron chi connectivity index (χ2n) is 3.01. The normalized spacial score (nSPS) is 10.6. The fraction of sp³-hybridized carbons (Fsp3) is 0.222. The maximum absolute atomic E-state index is 10.6. The quantitative estimate of drug-likeness (QED) is 0.609. The molecular weight excluding hydrogens is 166 g/mol. The molecule has 4 nitrogen and oxygen atoms in total. The number of hydrogen-bond acceptors (Lipinski definition) is 3. The van der Waals surface area contributed by atoms with Gasteiger partial charge in [0.05, 0.1) is 11.4 Å². The molecule has 0 N–H and O–H groups in total. The van der Waals surface area contributed by atoms with Crippen LogP contribution >= 0.6 is 0 Å². The molecule has 0 bridgehead atoms. The number of nitrogens with zero attached hydrogens (tertiary/aromatic N) is 3. The van der Waals surface area contributed by atoms with Crippen LogP contribution in [0.4, 0.5) is 0 Å². The van der Waals surface area contributed by atoms with Gasteiger partial charge in [0.1, 0.15) is 0 Å². The summed E-state index contributed by atoms with van der Waals surface area (Å²) >= 11 is 0. The SMILES string of the molecule is Cc1cc2cc(C=O)n(C)c2nn1. The van der Waals surface area contributed by atoms with Gasteiger partial charge in [0.2, 0.25) is 0 Å². The highest BCUT2D eigenvalue weighted by Gasteiger charge is 2.05. The molecule has 66 valence electrons. The van der Waals surface area contributed by atoms with Gasteiger partial charge in [0.15, 0.2) is 11.9 Å². The summed E-state index contributed by atoms with van der Waals surface area (Å²) in [6.07, 6.45) is 0.816. The number of carbonyl (C=O) groups is 1. The van der Waals surface area contributed by atoms with Crippen molar-refractivity contribution in [2.45, 2.75) is 6.92 Å². The summed E-state index contributed by atoms with van der Waals surface area (Å²) in [5.74, 6) is 0. The first kappa shape index (κ1) is 7.91. The van der Waals surface area contributed by atoms with E-state index in [2.05, 4.69) is 10.2 Å². The van der Waals surface area contributed by atoms with Crippen LogP contribution in [0.3, 0.4) is 0 Å². The second kappa shape index (κ2) is 2.65. The van der Waals surface area contributed by atoms with Crippen LogP contribution < -0.4 is 0 Å². The Morgan fingerprint density at radius 3 is 2.85 bits per heavy atom. The van der Waals surface area contributed by atoms with Crippen LogP contribution in [-0.2, 0) is 7.05 Å². The zero-order valence-corrected chi connectivity index (χ0v) is 7.48. The molecular formula is C9H9N3O. The smallest absolute Gasteiger partial charge is 0.166 e. The van der Waals surface area contributed by atoms with Crippen molar-refractivity contribution in [1.82, 2.24) is 14.8 Å². The van der Waals surface area contributed by atoms with Crippen molar-refractivity contribution in [2.75, 3.05) is 0 Å². The summed E-state index contributed by atoms with van der Waals surface area (Å²) < 4.78 is 1.73. The van der Waals surface area contributed by atoms with Crippen LogP contribution in [-0.4, -0.2) is 21.1 Å². The van der Waals surface area contributed by atoms with Gasteiger partial charge in [-0.15, -0.1) is 5.10 Å². The van der Waals surface area contributed by atoms with Crippen LogP contribution in [0.1, 0.15) is 16.2 Å². The third kappa shape index (κ3) is 1.11. The summed E-state index contributed by atoms with van der Waals surface area (Å²) in [7, 11) is 1.80. The van der Waals surface area contributed by atoms with Gasteiger partial charge in [-0.1, -0.05) is 0 Å². The first-order valence-corrected chi connectivity index (χ1v) is 3.97. The largest absolute Gasteiger partial charge is 0.325 e. The maximum atomic E-state index is 10.6. The van der Waals surface area contributed by atoms with Crippen molar-refractivity contribution >= 4 is 17.3 Å². The van der Waals surface area contributed by atoms with Crippen LogP contribution in [0.5, 0.6) is 0 Å². The van der Waals surface area contributed by atoms with Crippen molar-refractivity contribution in [3.8, 4) is 0 Å². The molecule has 2 aromatic rings. The Hall–Kier alpha value is -1.71. The van der Waals surface area contributed by atoms with Crippen LogP contribution in [0.25, 0.3) is 11.0 Å². The molecule has 0 atom stereocenters. The fourth-order valence-electron chi connectivity index (χ4n) is 1.36. The Balaban J connectivity index is 2.83. The minimum Gasteiger partial charge on any atom is -0.325 e. The lowest BCUT2D eigenvalue weighted by atomic mass is 10.3. The molecule has 0 aliphatic heterocycles. The summed E-state index contributed by atoms with van der Waals surface area (Å²) in [5.41, 5.74) is 2.22. The number of aryl methyl sites for hydroxylation is 2. The van der Waals surface area contributed by atoms with Gasteiger partial charge >= 0.3 is 0 Å². The first-order valence-electron chi connectivity index (χ1n) is 3.97. The van der Waals surface area contributed by atoms with Gasteiger partial charge in [0.25, 0.3) is 0 Å². The van der Waals surface area contributed by atoms with Gasteiger partial charge < -0.3 is 4.57 Å². The van der Waals surface area contributed by atoms with E-state index in [0.29, 0.717) is 5.69 Å². The van der Waals surface area contributed by atoms with E-state index < -0.39 is 0 Å². The molecule has 0 saturated carbocycles. The maximum Gasteiger partial charge on any atom is 0.166 e. The summed E-state index contributed by atoms with van der Waals surface area (Å²) in [5, 5.41) is 8.89. The molecule has 0 aliphatic rings. The lowest BCUT2D eigenvalue weighted by molar-refractivity contribution is 0.111. The van der Waals surface area contributed by atoms with Crippen molar-refractivity contribution < 1.29 is 4.79 Å². The molecule has 0 radical (unpaired) electrons. The number of rotatable bonds is 1. The zero-order chi connectivity index (χ0) is 9.42. The van der Waals surface area contributed by atoms with E-state index in [-0.39, 0.29) is 0 Å². The van der Waals surface area contributed by atoms with Crippen LogP contribution in [0.2, 0.25) is 0 Å². The van der Waals surface area contributed by atoms with E-state index in [9.17, 15) is 4.79 Å². The summed E-state index contributed by atoms with van der Waals surface area (Å²) in [4.78, 5) is 10.6. The zero-order valence-electron chi connectivity index (χ0n) is 7.48. The lowest BCUT2D eigenvalue weighted by Crippen LogP contribution is -1.96.